The monoisotopic (exact) mass is 349 g/mol. The summed E-state index contributed by atoms with van der Waals surface area (Å²) >= 11 is 0. The summed E-state index contributed by atoms with van der Waals surface area (Å²) in [5.41, 5.74) is -3.45. The number of alkyl halides is 1. The minimum atomic E-state index is -4.59. The highest BCUT2D eigenvalue weighted by Crippen LogP contribution is 2.40. The van der Waals surface area contributed by atoms with Gasteiger partial charge >= 0.3 is 16.4 Å². The number of hydrogen-bond donors (Lipinski definition) is 0. The molecule has 1 aliphatic heterocycles. The molecule has 128 valence electrons. The Morgan fingerprint density at radius 1 is 1.39 bits per heavy atom. The van der Waals surface area contributed by atoms with Gasteiger partial charge in [0, 0.05) is 5.56 Å². The van der Waals surface area contributed by atoms with E-state index in [1.54, 1.807) is 0 Å². The van der Waals surface area contributed by atoms with Crippen molar-refractivity contribution in [2.45, 2.75) is 31.9 Å². The average Bonchev–Trinajstić information content (AvgIpc) is 2.69. The van der Waals surface area contributed by atoms with Gasteiger partial charge in [0.25, 0.3) is 0 Å². The smallest absolute Gasteiger partial charge is 0.426 e. The molecule has 9 heteroatoms. The average molecular weight is 349 g/mol. The van der Waals surface area contributed by atoms with E-state index in [-0.39, 0.29) is 9.87 Å². The fourth-order valence-corrected chi connectivity index (χ4v) is 3.55. The Labute approximate surface area is 133 Å². The van der Waals surface area contributed by atoms with Crippen LogP contribution in [-0.2, 0) is 24.8 Å². The molecule has 1 saturated heterocycles. The molecular formula is C14H17F2NO5S. The summed E-state index contributed by atoms with van der Waals surface area (Å²) in [6.45, 7) is 2.48. The second-order valence-electron chi connectivity index (χ2n) is 6.11. The molecule has 1 aromatic rings. The quantitative estimate of drug-likeness (QED) is 0.820. The Hall–Kier alpha value is -1.74. The zero-order valence-corrected chi connectivity index (χ0v) is 13.7. The maximum absolute atomic E-state index is 14.1. The first kappa shape index (κ1) is 17.6. The summed E-state index contributed by atoms with van der Waals surface area (Å²) in [6.07, 6.45) is -1.32. The van der Waals surface area contributed by atoms with Crippen LogP contribution in [0.3, 0.4) is 0 Å². The van der Waals surface area contributed by atoms with Crippen LogP contribution in [0, 0.1) is 5.82 Å². The number of nitrogens with zero attached hydrogens (tertiary/aromatic N) is 1. The van der Waals surface area contributed by atoms with Crippen LogP contribution in [-0.4, -0.2) is 37.7 Å². The fraction of sp³-hybridized carbons (Fsp3) is 0.500. The first-order valence-electron chi connectivity index (χ1n) is 6.77. The summed E-state index contributed by atoms with van der Waals surface area (Å²) in [7, 11) is -4.59. The van der Waals surface area contributed by atoms with E-state index in [2.05, 4.69) is 4.18 Å². The Morgan fingerprint density at radius 2 is 2.00 bits per heavy atom. The van der Waals surface area contributed by atoms with E-state index in [1.807, 2.05) is 0 Å². The van der Waals surface area contributed by atoms with Crippen LogP contribution in [0.4, 0.5) is 13.6 Å². The van der Waals surface area contributed by atoms with Gasteiger partial charge in [-0.05, 0) is 26.8 Å². The zero-order valence-electron chi connectivity index (χ0n) is 12.9. The Kier molecular flexibility index (Phi) is 4.38. The lowest BCUT2D eigenvalue weighted by molar-refractivity contribution is 0.0195. The molecule has 23 heavy (non-hydrogen) atoms. The molecule has 0 saturated carbocycles. The van der Waals surface area contributed by atoms with Gasteiger partial charge in [-0.15, -0.1) is 0 Å². The maximum Gasteiger partial charge on any atom is 0.426 e. The molecule has 0 aromatic heterocycles. The molecule has 0 bridgehead atoms. The summed E-state index contributed by atoms with van der Waals surface area (Å²) in [4.78, 5) is 12.3. The second kappa shape index (κ2) is 5.72. The molecule has 1 fully saturated rings. The number of rotatable bonds is 2. The van der Waals surface area contributed by atoms with Crippen molar-refractivity contribution in [1.82, 2.24) is 4.31 Å². The van der Waals surface area contributed by atoms with Crippen molar-refractivity contribution in [3.05, 3.63) is 35.6 Å². The number of hydrogen-bond acceptors (Lipinski definition) is 5. The molecule has 1 unspecified atom stereocenters. The topological polar surface area (TPSA) is 72.9 Å². The standard InChI is InChI=1S/C14H17F2NO5S/c1-13(2,3)22-12(18)17-14(8-15,9-21-23(17,19)20)10-6-4-5-7-11(10)16/h4-7H,8-9H2,1-3H3. The van der Waals surface area contributed by atoms with E-state index in [0.717, 1.165) is 6.07 Å². The summed E-state index contributed by atoms with van der Waals surface area (Å²) in [5, 5.41) is 0. The van der Waals surface area contributed by atoms with Gasteiger partial charge in [-0.2, -0.15) is 12.7 Å². The van der Waals surface area contributed by atoms with Gasteiger partial charge in [0.05, 0.1) is 6.61 Å². The van der Waals surface area contributed by atoms with E-state index >= 15 is 0 Å². The predicted octanol–water partition coefficient (Wildman–Crippen LogP) is 2.50. The van der Waals surface area contributed by atoms with Gasteiger partial charge < -0.3 is 4.74 Å². The molecule has 1 aliphatic rings. The normalized spacial score (nSPS) is 23.8. The highest BCUT2D eigenvalue weighted by atomic mass is 32.2. The van der Waals surface area contributed by atoms with E-state index in [0.29, 0.717) is 0 Å². The Bertz CT molecular complexity index is 716. The highest BCUT2D eigenvalue weighted by molar-refractivity contribution is 7.85. The van der Waals surface area contributed by atoms with Crippen molar-refractivity contribution < 1.29 is 30.9 Å². The number of ether oxygens (including phenoxy) is 1. The lowest BCUT2D eigenvalue weighted by atomic mass is 9.91. The number of amides is 1. The Morgan fingerprint density at radius 3 is 2.52 bits per heavy atom. The largest absolute Gasteiger partial charge is 0.443 e. The third-order valence-corrected chi connectivity index (χ3v) is 4.58. The molecule has 2 rings (SSSR count). The van der Waals surface area contributed by atoms with Crippen LogP contribution >= 0.6 is 0 Å². The van der Waals surface area contributed by atoms with Crippen molar-refractivity contribution in [3.63, 3.8) is 0 Å². The number of carbonyl (C=O) groups excluding carboxylic acids is 1. The van der Waals surface area contributed by atoms with Crippen molar-refractivity contribution in [2.24, 2.45) is 0 Å². The minimum Gasteiger partial charge on any atom is -0.443 e. The van der Waals surface area contributed by atoms with Gasteiger partial charge in [-0.1, -0.05) is 18.2 Å². The Balaban J connectivity index is 2.58. The molecule has 0 N–H and O–H groups in total. The minimum absolute atomic E-state index is 0.143. The molecule has 1 heterocycles. The van der Waals surface area contributed by atoms with Crippen molar-refractivity contribution >= 4 is 16.4 Å². The first-order chi connectivity index (χ1) is 10.5. The number of halogens is 2. The molecule has 1 atom stereocenters. The van der Waals surface area contributed by atoms with E-state index < -0.39 is 46.6 Å². The SMILES string of the molecule is CC(C)(C)OC(=O)N1C(CF)(c2ccccc2F)COS1(=O)=O. The fourth-order valence-electron chi connectivity index (χ4n) is 2.26. The van der Waals surface area contributed by atoms with E-state index in [1.165, 1.54) is 39.0 Å². The molecule has 6 nitrogen and oxygen atoms in total. The van der Waals surface area contributed by atoms with Crippen molar-refractivity contribution in [3.8, 4) is 0 Å². The summed E-state index contributed by atoms with van der Waals surface area (Å²) in [6, 6.07) is 5.03. The van der Waals surface area contributed by atoms with Crippen LogP contribution in [0.15, 0.2) is 24.3 Å². The lowest BCUT2D eigenvalue weighted by Gasteiger charge is -2.33. The lowest BCUT2D eigenvalue weighted by Crippen LogP contribution is -2.51. The van der Waals surface area contributed by atoms with Crippen LogP contribution in [0.2, 0.25) is 0 Å². The van der Waals surface area contributed by atoms with E-state index in [4.69, 9.17) is 4.74 Å². The first-order valence-corrected chi connectivity index (χ1v) is 8.14. The summed E-state index contributed by atoms with van der Waals surface area (Å²) in [5.74, 6) is -0.848. The highest BCUT2D eigenvalue weighted by Gasteiger charge is 2.58. The van der Waals surface area contributed by atoms with Crippen molar-refractivity contribution in [2.75, 3.05) is 13.3 Å². The third-order valence-electron chi connectivity index (χ3n) is 3.21. The van der Waals surface area contributed by atoms with Gasteiger partial charge in [-0.3, -0.25) is 4.18 Å². The second-order valence-corrected chi connectivity index (χ2v) is 7.57. The van der Waals surface area contributed by atoms with Gasteiger partial charge in [0.15, 0.2) is 0 Å². The zero-order chi connectivity index (χ0) is 17.5. The molecule has 1 aromatic carbocycles. The predicted molar refractivity (Wildman–Crippen MR) is 77.0 cm³/mol. The number of carbonyl (C=O) groups is 1. The molecule has 1 amide bonds. The maximum atomic E-state index is 14.1. The van der Waals surface area contributed by atoms with Crippen LogP contribution in [0.25, 0.3) is 0 Å². The van der Waals surface area contributed by atoms with Gasteiger partial charge in [0.1, 0.15) is 23.6 Å². The van der Waals surface area contributed by atoms with Gasteiger partial charge in [0.2, 0.25) is 0 Å². The third kappa shape index (κ3) is 3.16. The molecular weight excluding hydrogens is 332 g/mol. The van der Waals surface area contributed by atoms with Crippen LogP contribution in [0.5, 0.6) is 0 Å². The van der Waals surface area contributed by atoms with Crippen LogP contribution in [0.1, 0.15) is 26.3 Å². The van der Waals surface area contributed by atoms with Gasteiger partial charge in [-0.25, -0.2) is 13.6 Å². The molecule has 0 spiro atoms. The number of benzene rings is 1. The van der Waals surface area contributed by atoms with Crippen LogP contribution < -0.4 is 0 Å². The van der Waals surface area contributed by atoms with E-state index in [9.17, 15) is 22.0 Å². The van der Waals surface area contributed by atoms with Crippen molar-refractivity contribution in [1.29, 1.82) is 0 Å². The molecule has 0 radical (unpaired) electrons. The summed E-state index contributed by atoms with van der Waals surface area (Å²) < 4.78 is 61.8. The molecule has 0 aliphatic carbocycles.